The van der Waals surface area contributed by atoms with Gasteiger partial charge in [0, 0.05) is 12.4 Å². The molecule has 0 aliphatic carbocycles. The Morgan fingerprint density at radius 2 is 2.23 bits per heavy atom. The van der Waals surface area contributed by atoms with E-state index >= 15 is 0 Å². The molecule has 2 aromatic rings. The fourth-order valence-electron chi connectivity index (χ4n) is 1.02. The molecule has 0 aliphatic heterocycles. The summed E-state index contributed by atoms with van der Waals surface area (Å²) in [7, 11) is 0. The maximum Gasteiger partial charge on any atom is 0.0863 e. The van der Waals surface area contributed by atoms with Crippen molar-refractivity contribution in [3.8, 4) is 5.69 Å². The predicted molar refractivity (Wildman–Crippen MR) is 50.8 cm³/mol. The van der Waals surface area contributed by atoms with Crippen molar-refractivity contribution in [2.45, 2.75) is 0 Å². The molecule has 13 heavy (non-hydrogen) atoms. The molecular formula is C8H7ClN4. The zero-order valence-corrected chi connectivity index (χ0v) is 7.44. The highest BCUT2D eigenvalue weighted by molar-refractivity contribution is 6.32. The van der Waals surface area contributed by atoms with E-state index < -0.39 is 0 Å². The quantitative estimate of drug-likeness (QED) is 0.749. The average Bonchev–Trinajstić information content (AvgIpc) is 2.53. The standard InChI is InChI=1S/C8H7ClN4/c9-7-4-11-2-1-8(7)13-5-6(10)3-12-13/h1-5H,10H2. The van der Waals surface area contributed by atoms with Gasteiger partial charge in [0.25, 0.3) is 0 Å². The summed E-state index contributed by atoms with van der Waals surface area (Å²) in [4.78, 5) is 3.87. The van der Waals surface area contributed by atoms with Crippen LogP contribution in [0.5, 0.6) is 0 Å². The minimum Gasteiger partial charge on any atom is -0.396 e. The lowest BCUT2D eigenvalue weighted by Crippen LogP contribution is -1.95. The van der Waals surface area contributed by atoms with Crippen molar-refractivity contribution in [1.82, 2.24) is 14.8 Å². The molecule has 0 unspecified atom stereocenters. The fraction of sp³-hybridized carbons (Fsp3) is 0. The maximum atomic E-state index is 5.90. The van der Waals surface area contributed by atoms with Crippen LogP contribution < -0.4 is 5.73 Å². The highest BCUT2D eigenvalue weighted by atomic mass is 35.5. The van der Waals surface area contributed by atoms with E-state index in [1.165, 1.54) is 0 Å². The largest absolute Gasteiger partial charge is 0.396 e. The summed E-state index contributed by atoms with van der Waals surface area (Å²) in [5.41, 5.74) is 6.90. The van der Waals surface area contributed by atoms with Crippen LogP contribution in [0.1, 0.15) is 0 Å². The lowest BCUT2D eigenvalue weighted by molar-refractivity contribution is 0.878. The Balaban J connectivity index is 2.52. The normalized spacial score (nSPS) is 10.2. The van der Waals surface area contributed by atoms with Gasteiger partial charge in [-0.2, -0.15) is 5.10 Å². The van der Waals surface area contributed by atoms with Crippen LogP contribution in [-0.2, 0) is 0 Å². The summed E-state index contributed by atoms with van der Waals surface area (Å²) in [6.45, 7) is 0. The van der Waals surface area contributed by atoms with E-state index in [0.29, 0.717) is 10.7 Å². The van der Waals surface area contributed by atoms with Crippen LogP contribution >= 0.6 is 11.6 Å². The van der Waals surface area contributed by atoms with Gasteiger partial charge in [0.15, 0.2) is 0 Å². The SMILES string of the molecule is Nc1cnn(-c2ccncc2Cl)c1. The van der Waals surface area contributed by atoms with Crippen molar-refractivity contribution < 1.29 is 0 Å². The molecule has 2 N–H and O–H groups in total. The van der Waals surface area contributed by atoms with Gasteiger partial charge < -0.3 is 5.73 Å². The molecule has 0 aliphatic rings. The number of anilines is 1. The van der Waals surface area contributed by atoms with Gasteiger partial charge in [-0.25, -0.2) is 4.68 Å². The zero-order chi connectivity index (χ0) is 9.26. The third-order valence-electron chi connectivity index (χ3n) is 1.60. The maximum absolute atomic E-state index is 5.90. The molecule has 0 atom stereocenters. The van der Waals surface area contributed by atoms with E-state index in [2.05, 4.69) is 10.1 Å². The van der Waals surface area contributed by atoms with Gasteiger partial charge in [-0.15, -0.1) is 0 Å². The van der Waals surface area contributed by atoms with Gasteiger partial charge in [-0.05, 0) is 6.07 Å². The third kappa shape index (κ3) is 1.48. The Morgan fingerprint density at radius 3 is 2.85 bits per heavy atom. The van der Waals surface area contributed by atoms with Gasteiger partial charge in [0.2, 0.25) is 0 Å². The number of hydrogen-bond acceptors (Lipinski definition) is 3. The smallest absolute Gasteiger partial charge is 0.0863 e. The summed E-state index contributed by atoms with van der Waals surface area (Å²) >= 11 is 5.90. The number of aromatic nitrogens is 3. The van der Waals surface area contributed by atoms with E-state index in [-0.39, 0.29) is 0 Å². The molecule has 0 fully saturated rings. The number of nitrogens with zero attached hydrogens (tertiary/aromatic N) is 3. The molecule has 0 amide bonds. The highest BCUT2D eigenvalue weighted by Crippen LogP contribution is 2.18. The van der Waals surface area contributed by atoms with Gasteiger partial charge in [0.1, 0.15) is 0 Å². The Morgan fingerprint density at radius 1 is 1.38 bits per heavy atom. The second-order valence-electron chi connectivity index (χ2n) is 2.55. The molecule has 2 heterocycles. The van der Waals surface area contributed by atoms with Crippen molar-refractivity contribution in [1.29, 1.82) is 0 Å². The first kappa shape index (κ1) is 8.07. The van der Waals surface area contributed by atoms with Crippen LogP contribution in [0.4, 0.5) is 5.69 Å². The average molecular weight is 195 g/mol. The van der Waals surface area contributed by atoms with Crippen molar-refractivity contribution in [2.24, 2.45) is 0 Å². The predicted octanol–water partition coefficient (Wildman–Crippen LogP) is 1.50. The van der Waals surface area contributed by atoms with Gasteiger partial charge in [-0.1, -0.05) is 11.6 Å². The molecular weight excluding hydrogens is 188 g/mol. The molecule has 0 saturated carbocycles. The summed E-state index contributed by atoms with van der Waals surface area (Å²) in [6.07, 6.45) is 6.48. The van der Waals surface area contributed by atoms with Gasteiger partial charge in [-0.3, -0.25) is 4.98 Å². The second kappa shape index (κ2) is 3.06. The number of pyridine rings is 1. The highest BCUT2D eigenvalue weighted by Gasteiger charge is 2.02. The van der Waals surface area contributed by atoms with Crippen molar-refractivity contribution >= 4 is 17.3 Å². The van der Waals surface area contributed by atoms with Gasteiger partial charge in [0.05, 0.1) is 28.8 Å². The van der Waals surface area contributed by atoms with E-state index in [9.17, 15) is 0 Å². The Bertz CT molecular complexity index is 424. The monoisotopic (exact) mass is 194 g/mol. The molecule has 0 aromatic carbocycles. The van der Waals surface area contributed by atoms with E-state index in [1.807, 2.05) is 0 Å². The number of hydrogen-bond donors (Lipinski definition) is 1. The number of nitrogen functional groups attached to an aromatic ring is 1. The van der Waals surface area contributed by atoms with E-state index in [0.717, 1.165) is 5.69 Å². The Hall–Kier alpha value is -1.55. The van der Waals surface area contributed by atoms with Crippen molar-refractivity contribution in [2.75, 3.05) is 5.73 Å². The van der Waals surface area contributed by atoms with Crippen LogP contribution in [0.2, 0.25) is 5.02 Å². The van der Waals surface area contributed by atoms with Crippen molar-refractivity contribution in [3.05, 3.63) is 35.9 Å². The minimum atomic E-state index is 0.547. The summed E-state index contributed by atoms with van der Waals surface area (Å²) in [5, 5.41) is 4.57. The van der Waals surface area contributed by atoms with Crippen LogP contribution in [-0.4, -0.2) is 14.8 Å². The molecule has 2 rings (SSSR count). The summed E-state index contributed by atoms with van der Waals surface area (Å²) in [5.74, 6) is 0. The lowest BCUT2D eigenvalue weighted by atomic mass is 10.4. The van der Waals surface area contributed by atoms with Crippen LogP contribution in [0, 0.1) is 0 Å². The molecule has 0 spiro atoms. The molecule has 0 bridgehead atoms. The van der Waals surface area contributed by atoms with Crippen molar-refractivity contribution in [3.63, 3.8) is 0 Å². The van der Waals surface area contributed by atoms with Crippen LogP contribution in [0.25, 0.3) is 5.69 Å². The number of nitrogens with two attached hydrogens (primary N) is 1. The topological polar surface area (TPSA) is 56.7 Å². The van der Waals surface area contributed by atoms with Crippen LogP contribution in [0.15, 0.2) is 30.9 Å². The third-order valence-corrected chi connectivity index (χ3v) is 1.89. The summed E-state index contributed by atoms with van der Waals surface area (Å²) < 4.78 is 1.61. The first-order valence-corrected chi connectivity index (χ1v) is 4.05. The fourth-order valence-corrected chi connectivity index (χ4v) is 1.23. The lowest BCUT2D eigenvalue weighted by Gasteiger charge is -2.01. The molecule has 66 valence electrons. The zero-order valence-electron chi connectivity index (χ0n) is 6.68. The molecule has 2 aromatic heterocycles. The minimum absolute atomic E-state index is 0.547. The molecule has 0 radical (unpaired) electrons. The Kier molecular flexibility index (Phi) is 1.90. The number of rotatable bonds is 1. The first-order valence-electron chi connectivity index (χ1n) is 3.67. The molecule has 0 saturated heterocycles. The molecule has 4 nitrogen and oxygen atoms in total. The van der Waals surface area contributed by atoms with E-state index in [1.54, 1.807) is 35.5 Å². The number of halogens is 1. The Labute approximate surface area is 80.0 Å². The summed E-state index contributed by atoms with van der Waals surface area (Å²) in [6, 6.07) is 1.77. The first-order chi connectivity index (χ1) is 6.27. The van der Waals surface area contributed by atoms with Crippen LogP contribution in [0.3, 0.4) is 0 Å². The second-order valence-corrected chi connectivity index (χ2v) is 2.95. The van der Waals surface area contributed by atoms with E-state index in [4.69, 9.17) is 17.3 Å². The van der Waals surface area contributed by atoms with Gasteiger partial charge >= 0.3 is 0 Å². The molecule has 5 heteroatoms.